The molecule has 2 unspecified atom stereocenters. The lowest BCUT2D eigenvalue weighted by atomic mass is 9.92. The third kappa shape index (κ3) is 2.10. The lowest BCUT2D eigenvalue weighted by Crippen LogP contribution is -2.31. The van der Waals surface area contributed by atoms with Crippen LogP contribution < -0.4 is 0 Å². The molecule has 0 aliphatic carbocycles. The zero-order valence-electron chi connectivity index (χ0n) is 6.19. The predicted molar refractivity (Wildman–Crippen MR) is 43.6 cm³/mol. The first kappa shape index (κ1) is 8.87. The number of carboxylic acids is 1. The highest BCUT2D eigenvalue weighted by molar-refractivity contribution is 7.99. The Labute approximate surface area is 69.8 Å². The van der Waals surface area contributed by atoms with Crippen molar-refractivity contribution in [1.29, 1.82) is 0 Å². The first-order valence-electron chi connectivity index (χ1n) is 3.67. The van der Waals surface area contributed by atoms with Crippen LogP contribution in [0, 0.1) is 11.8 Å². The van der Waals surface area contributed by atoms with E-state index in [-0.39, 0.29) is 18.4 Å². The van der Waals surface area contributed by atoms with Crippen LogP contribution in [0.4, 0.5) is 0 Å². The summed E-state index contributed by atoms with van der Waals surface area (Å²) >= 11 is 1.73. The smallest absolute Gasteiger partial charge is 0.306 e. The molecule has 11 heavy (non-hydrogen) atoms. The molecule has 0 radical (unpaired) electrons. The molecule has 1 saturated heterocycles. The fraction of sp³-hybridized carbons (Fsp3) is 0.857. The molecule has 1 aliphatic rings. The van der Waals surface area contributed by atoms with Crippen LogP contribution >= 0.6 is 11.8 Å². The summed E-state index contributed by atoms with van der Waals surface area (Å²) in [5.41, 5.74) is 0. The van der Waals surface area contributed by atoms with Gasteiger partial charge in [-0.1, -0.05) is 0 Å². The summed E-state index contributed by atoms with van der Waals surface area (Å²) in [5, 5.41) is 17.6. The first-order chi connectivity index (χ1) is 5.25. The molecule has 1 fully saturated rings. The highest BCUT2D eigenvalue weighted by atomic mass is 32.2. The second-order valence-corrected chi connectivity index (χ2v) is 3.90. The number of aliphatic carboxylic acids is 1. The van der Waals surface area contributed by atoms with Crippen LogP contribution in [0.5, 0.6) is 0 Å². The van der Waals surface area contributed by atoms with Crippen molar-refractivity contribution in [2.24, 2.45) is 11.8 Å². The van der Waals surface area contributed by atoms with E-state index in [2.05, 4.69) is 0 Å². The summed E-state index contributed by atoms with van der Waals surface area (Å²) in [4.78, 5) is 10.6. The summed E-state index contributed by atoms with van der Waals surface area (Å²) in [6, 6.07) is 0. The van der Waals surface area contributed by atoms with E-state index in [1.165, 1.54) is 0 Å². The summed E-state index contributed by atoms with van der Waals surface area (Å²) in [7, 11) is 0. The highest BCUT2D eigenvalue weighted by Gasteiger charge is 2.30. The summed E-state index contributed by atoms with van der Waals surface area (Å²) < 4.78 is 0. The van der Waals surface area contributed by atoms with Gasteiger partial charge in [-0.05, 0) is 17.9 Å². The molecule has 0 spiro atoms. The van der Waals surface area contributed by atoms with Crippen molar-refractivity contribution in [2.75, 3.05) is 18.1 Å². The molecule has 0 saturated carbocycles. The van der Waals surface area contributed by atoms with Crippen molar-refractivity contribution in [2.45, 2.75) is 6.42 Å². The number of aliphatic hydroxyl groups excluding tert-OH is 1. The Hall–Kier alpha value is -0.220. The molecule has 0 aromatic heterocycles. The molecule has 4 heteroatoms. The molecular formula is C7H12O3S. The molecule has 64 valence electrons. The van der Waals surface area contributed by atoms with Gasteiger partial charge in [-0.2, -0.15) is 11.8 Å². The van der Waals surface area contributed by atoms with Crippen LogP contribution in [0.3, 0.4) is 0 Å². The Morgan fingerprint density at radius 3 is 2.82 bits per heavy atom. The molecule has 1 heterocycles. The van der Waals surface area contributed by atoms with Gasteiger partial charge in [0, 0.05) is 12.5 Å². The number of carbonyl (C=O) groups is 1. The Balaban J connectivity index is 2.51. The monoisotopic (exact) mass is 176 g/mol. The normalized spacial score (nSPS) is 31.7. The Kier molecular flexibility index (Phi) is 3.20. The van der Waals surface area contributed by atoms with Crippen LogP contribution in [0.1, 0.15) is 6.42 Å². The molecule has 2 N–H and O–H groups in total. The third-order valence-corrected chi connectivity index (χ3v) is 3.21. The molecule has 1 rings (SSSR count). The topological polar surface area (TPSA) is 57.5 Å². The molecule has 0 amide bonds. The number of hydrogen-bond donors (Lipinski definition) is 2. The van der Waals surface area contributed by atoms with Gasteiger partial charge < -0.3 is 10.2 Å². The molecule has 0 aromatic rings. The maximum atomic E-state index is 10.6. The van der Waals surface area contributed by atoms with Crippen LogP contribution in [0.2, 0.25) is 0 Å². The number of carboxylic acid groups (broad SMARTS) is 1. The van der Waals surface area contributed by atoms with Crippen molar-refractivity contribution in [3.8, 4) is 0 Å². The molecule has 0 aromatic carbocycles. The second kappa shape index (κ2) is 3.97. The van der Waals surface area contributed by atoms with Crippen molar-refractivity contribution < 1.29 is 15.0 Å². The maximum absolute atomic E-state index is 10.6. The summed E-state index contributed by atoms with van der Waals surface area (Å²) in [6.07, 6.45) is 0.700. The molecule has 3 nitrogen and oxygen atoms in total. The van der Waals surface area contributed by atoms with Gasteiger partial charge in [0.1, 0.15) is 0 Å². The summed E-state index contributed by atoms with van der Waals surface area (Å²) in [5.74, 6) is 0.581. The van der Waals surface area contributed by atoms with E-state index in [1.807, 2.05) is 0 Å². The van der Waals surface area contributed by atoms with Gasteiger partial charge in [0.2, 0.25) is 0 Å². The fourth-order valence-electron chi connectivity index (χ4n) is 1.30. The number of aliphatic hydroxyl groups is 1. The van der Waals surface area contributed by atoms with Crippen molar-refractivity contribution >= 4 is 17.7 Å². The van der Waals surface area contributed by atoms with Crippen LogP contribution in [0.15, 0.2) is 0 Å². The first-order valence-corrected chi connectivity index (χ1v) is 4.82. The van der Waals surface area contributed by atoms with Gasteiger partial charge in [-0.15, -0.1) is 0 Å². The van der Waals surface area contributed by atoms with Gasteiger partial charge in [-0.25, -0.2) is 0 Å². The molecule has 0 bridgehead atoms. The van der Waals surface area contributed by atoms with Gasteiger partial charge in [-0.3, -0.25) is 4.79 Å². The van der Waals surface area contributed by atoms with E-state index in [0.29, 0.717) is 6.42 Å². The van der Waals surface area contributed by atoms with Crippen LogP contribution in [-0.4, -0.2) is 34.3 Å². The SMILES string of the molecule is O=C(O)C1CCSCC1CO. The lowest BCUT2D eigenvalue weighted by molar-refractivity contribution is -0.144. The van der Waals surface area contributed by atoms with Crippen molar-refractivity contribution in [3.05, 3.63) is 0 Å². The number of rotatable bonds is 2. The van der Waals surface area contributed by atoms with Gasteiger partial charge >= 0.3 is 5.97 Å². The largest absolute Gasteiger partial charge is 0.481 e. The minimum absolute atomic E-state index is 0.00394. The molecular weight excluding hydrogens is 164 g/mol. The van der Waals surface area contributed by atoms with E-state index < -0.39 is 5.97 Å². The molecule has 1 aliphatic heterocycles. The zero-order valence-corrected chi connectivity index (χ0v) is 7.01. The van der Waals surface area contributed by atoms with E-state index in [0.717, 1.165) is 11.5 Å². The quantitative estimate of drug-likeness (QED) is 0.640. The van der Waals surface area contributed by atoms with Crippen molar-refractivity contribution in [3.63, 3.8) is 0 Å². The predicted octanol–water partition coefficient (Wildman–Crippen LogP) is 0.433. The third-order valence-electron chi connectivity index (χ3n) is 2.03. The minimum Gasteiger partial charge on any atom is -0.481 e. The van der Waals surface area contributed by atoms with E-state index in [9.17, 15) is 4.79 Å². The second-order valence-electron chi connectivity index (χ2n) is 2.75. The average molecular weight is 176 g/mol. The van der Waals surface area contributed by atoms with E-state index in [1.54, 1.807) is 11.8 Å². The minimum atomic E-state index is -0.760. The number of hydrogen-bond acceptors (Lipinski definition) is 3. The van der Waals surface area contributed by atoms with Crippen LogP contribution in [0.25, 0.3) is 0 Å². The van der Waals surface area contributed by atoms with Gasteiger partial charge in [0.05, 0.1) is 5.92 Å². The fourth-order valence-corrected chi connectivity index (χ4v) is 2.53. The Bertz CT molecular complexity index is 149. The van der Waals surface area contributed by atoms with Gasteiger partial charge in [0.25, 0.3) is 0 Å². The number of thioether (sulfide) groups is 1. The van der Waals surface area contributed by atoms with Crippen molar-refractivity contribution in [1.82, 2.24) is 0 Å². The summed E-state index contributed by atoms with van der Waals surface area (Å²) in [6.45, 7) is 0.00394. The zero-order chi connectivity index (χ0) is 8.27. The molecule has 2 atom stereocenters. The average Bonchev–Trinajstić information content (AvgIpc) is 2.04. The Morgan fingerprint density at radius 2 is 2.36 bits per heavy atom. The lowest BCUT2D eigenvalue weighted by Gasteiger charge is -2.26. The van der Waals surface area contributed by atoms with Gasteiger partial charge in [0.15, 0.2) is 0 Å². The highest BCUT2D eigenvalue weighted by Crippen LogP contribution is 2.28. The van der Waals surface area contributed by atoms with E-state index >= 15 is 0 Å². The van der Waals surface area contributed by atoms with Crippen LogP contribution in [-0.2, 0) is 4.79 Å². The van der Waals surface area contributed by atoms with E-state index in [4.69, 9.17) is 10.2 Å². The Morgan fingerprint density at radius 1 is 1.64 bits per heavy atom. The maximum Gasteiger partial charge on any atom is 0.306 e. The standard InChI is InChI=1S/C7H12O3S/c8-3-5-4-11-2-1-6(5)7(9)10/h5-6,8H,1-4H2,(H,9,10).